The maximum Gasteiger partial charge on any atom is 0.417 e. The number of carbonyl (C=O) groups is 1. The number of rotatable bonds is 8. The number of carbonyl (C=O) groups excluding carboxylic acids is 1. The molecule has 0 aliphatic carbocycles. The lowest BCUT2D eigenvalue weighted by molar-refractivity contribution is -0.136. The minimum Gasteiger partial charge on any atom is -0.348 e. The molecule has 1 atom stereocenters. The number of benzene rings is 3. The van der Waals surface area contributed by atoms with E-state index in [1.807, 2.05) is 27.7 Å². The fourth-order valence-corrected chi connectivity index (χ4v) is 5.36. The molecule has 2 N–H and O–H groups in total. The molecule has 3 aromatic carbocycles. The number of halogens is 6. The maximum absolute atomic E-state index is 14.4. The Labute approximate surface area is 263 Å². The van der Waals surface area contributed by atoms with Gasteiger partial charge in [0.25, 0.3) is 6.43 Å². The zero-order valence-corrected chi connectivity index (χ0v) is 26.7. The third-order valence-corrected chi connectivity index (χ3v) is 7.23. The molecule has 0 fully saturated rings. The molecule has 5 aromatic rings. The van der Waals surface area contributed by atoms with Gasteiger partial charge in [0.1, 0.15) is 18.2 Å². The highest BCUT2D eigenvalue weighted by Gasteiger charge is 2.33. The first kappa shape index (κ1) is 35.9. The number of aryl methyl sites for hydroxylation is 3. The van der Waals surface area contributed by atoms with Gasteiger partial charge in [0.2, 0.25) is 6.41 Å². The van der Waals surface area contributed by atoms with Crippen molar-refractivity contribution >= 4 is 39.6 Å². The van der Waals surface area contributed by atoms with Gasteiger partial charge < -0.3 is 10.6 Å². The van der Waals surface area contributed by atoms with Gasteiger partial charge in [0, 0.05) is 28.2 Å². The summed E-state index contributed by atoms with van der Waals surface area (Å²) in [5.41, 5.74) is 2.15. The summed E-state index contributed by atoms with van der Waals surface area (Å²) in [5.74, 6) is -0.473. The van der Waals surface area contributed by atoms with Crippen LogP contribution in [-0.2, 0) is 17.5 Å². The number of amides is 1. The van der Waals surface area contributed by atoms with Crippen LogP contribution in [0.25, 0.3) is 21.7 Å². The molecular weight excluding hydrogens is 608 g/mol. The SMILES string of the molecule is CC.CC.Cc1cc(C(F)(F)F)c2ccnc(Nc3cc4c(cnn4CC(F)F)c(C)c3C(NC=O)c3cc(F)ccc3C)c2c1. The first-order valence-corrected chi connectivity index (χ1v) is 14.9. The largest absolute Gasteiger partial charge is 0.417 e. The van der Waals surface area contributed by atoms with Gasteiger partial charge >= 0.3 is 6.18 Å². The molecule has 6 nitrogen and oxygen atoms in total. The zero-order valence-electron chi connectivity index (χ0n) is 26.7. The number of alkyl halides is 5. The van der Waals surface area contributed by atoms with E-state index in [1.54, 1.807) is 26.0 Å². The topological polar surface area (TPSA) is 71.8 Å². The van der Waals surface area contributed by atoms with E-state index >= 15 is 0 Å². The standard InChI is InChI=1S/C30H25F6N5O.2C2H6/c1-15-8-21-19(23(9-15)30(34,35)36)6-7-37-29(21)40-24-11-25-22(12-39-41(25)13-26(32)33)17(3)27(24)28(38-14-42)20-10-18(31)5-4-16(20)2;2*1-2/h4-12,14,26,28H,13H2,1-3H3,(H,37,40)(H,38,42);2*1-2H3. The maximum atomic E-state index is 14.4. The van der Waals surface area contributed by atoms with Gasteiger partial charge in [-0.25, -0.2) is 18.2 Å². The molecule has 2 heterocycles. The van der Waals surface area contributed by atoms with Crippen LogP contribution in [0.5, 0.6) is 0 Å². The van der Waals surface area contributed by atoms with E-state index in [9.17, 15) is 31.1 Å². The quantitative estimate of drug-likeness (QED) is 0.130. The van der Waals surface area contributed by atoms with Crippen LogP contribution in [0.4, 0.5) is 37.8 Å². The molecule has 2 aromatic heterocycles. The molecule has 0 spiro atoms. The Balaban J connectivity index is 0.00000139. The molecule has 0 aliphatic rings. The fourth-order valence-electron chi connectivity index (χ4n) is 5.36. The van der Waals surface area contributed by atoms with E-state index in [4.69, 9.17) is 0 Å². The van der Waals surface area contributed by atoms with Crippen molar-refractivity contribution in [3.8, 4) is 0 Å². The van der Waals surface area contributed by atoms with Crippen molar-refractivity contribution in [2.24, 2.45) is 0 Å². The average molecular weight is 646 g/mol. The Bertz CT molecular complexity index is 1820. The van der Waals surface area contributed by atoms with Crippen LogP contribution < -0.4 is 10.6 Å². The fraction of sp³-hybridized carbons (Fsp3) is 0.324. The van der Waals surface area contributed by atoms with Crippen molar-refractivity contribution in [1.82, 2.24) is 20.1 Å². The number of fused-ring (bicyclic) bond motifs is 2. The van der Waals surface area contributed by atoms with E-state index in [0.717, 1.165) is 10.7 Å². The molecule has 5 rings (SSSR count). The molecule has 0 aliphatic heterocycles. The van der Waals surface area contributed by atoms with Crippen LogP contribution >= 0.6 is 0 Å². The molecule has 0 radical (unpaired) electrons. The lowest BCUT2D eigenvalue weighted by Crippen LogP contribution is -2.24. The monoisotopic (exact) mass is 645 g/mol. The third-order valence-electron chi connectivity index (χ3n) is 7.23. The molecule has 0 bridgehead atoms. The van der Waals surface area contributed by atoms with Crippen molar-refractivity contribution in [3.05, 3.63) is 94.1 Å². The Morgan fingerprint density at radius 1 is 0.935 bits per heavy atom. The van der Waals surface area contributed by atoms with Crippen LogP contribution in [0.15, 0.2) is 54.9 Å². The van der Waals surface area contributed by atoms with Gasteiger partial charge in [0.05, 0.1) is 23.3 Å². The Morgan fingerprint density at radius 2 is 1.63 bits per heavy atom. The van der Waals surface area contributed by atoms with E-state index in [1.165, 1.54) is 43.6 Å². The first-order valence-electron chi connectivity index (χ1n) is 14.9. The van der Waals surface area contributed by atoms with Gasteiger partial charge in [-0.15, -0.1) is 0 Å². The van der Waals surface area contributed by atoms with Crippen molar-refractivity contribution < 1.29 is 31.1 Å². The van der Waals surface area contributed by atoms with Crippen LogP contribution in [0.3, 0.4) is 0 Å². The third kappa shape index (κ3) is 7.43. The van der Waals surface area contributed by atoms with Gasteiger partial charge in [-0.1, -0.05) is 33.8 Å². The summed E-state index contributed by atoms with van der Waals surface area (Å²) in [6, 6.07) is 8.59. The van der Waals surface area contributed by atoms with Gasteiger partial charge in [-0.2, -0.15) is 18.3 Å². The summed E-state index contributed by atoms with van der Waals surface area (Å²) in [7, 11) is 0. The number of nitrogens with one attached hydrogen (secondary N) is 2. The first-order chi connectivity index (χ1) is 21.9. The van der Waals surface area contributed by atoms with Crippen LogP contribution in [0, 0.1) is 26.6 Å². The van der Waals surface area contributed by atoms with Crippen molar-refractivity contribution in [2.45, 2.75) is 73.7 Å². The van der Waals surface area contributed by atoms with Crippen molar-refractivity contribution in [2.75, 3.05) is 5.32 Å². The number of anilines is 2. The smallest absolute Gasteiger partial charge is 0.348 e. The Hall–Kier alpha value is -4.61. The minimum absolute atomic E-state index is 0.0717. The summed E-state index contributed by atoms with van der Waals surface area (Å²) in [5, 5.41) is 10.5. The summed E-state index contributed by atoms with van der Waals surface area (Å²) >= 11 is 0. The number of pyridine rings is 1. The van der Waals surface area contributed by atoms with E-state index in [-0.39, 0.29) is 22.3 Å². The van der Waals surface area contributed by atoms with Gasteiger partial charge in [0.15, 0.2) is 0 Å². The summed E-state index contributed by atoms with van der Waals surface area (Å²) in [6.07, 6.45) is -4.21. The van der Waals surface area contributed by atoms with Crippen LogP contribution in [-0.4, -0.2) is 27.6 Å². The molecule has 1 amide bonds. The predicted molar refractivity (Wildman–Crippen MR) is 170 cm³/mol. The molecule has 46 heavy (non-hydrogen) atoms. The van der Waals surface area contributed by atoms with E-state index in [2.05, 4.69) is 20.7 Å². The van der Waals surface area contributed by atoms with E-state index in [0.29, 0.717) is 45.1 Å². The Morgan fingerprint density at radius 3 is 2.26 bits per heavy atom. The number of hydrogen-bond acceptors (Lipinski definition) is 4. The number of hydrogen-bond donors (Lipinski definition) is 2. The second-order valence-electron chi connectivity index (χ2n) is 10.0. The summed E-state index contributed by atoms with van der Waals surface area (Å²) in [6.45, 7) is 12.3. The molecule has 246 valence electrons. The normalized spacial score (nSPS) is 11.9. The molecular formula is C34H37F6N5O. The predicted octanol–water partition coefficient (Wildman–Crippen LogP) is 9.56. The minimum atomic E-state index is -4.63. The average Bonchev–Trinajstić information content (AvgIpc) is 3.41. The lowest BCUT2D eigenvalue weighted by atomic mass is 9.89. The summed E-state index contributed by atoms with van der Waals surface area (Å²) in [4.78, 5) is 16.1. The van der Waals surface area contributed by atoms with Crippen molar-refractivity contribution in [1.29, 1.82) is 0 Å². The zero-order chi connectivity index (χ0) is 34.3. The number of aromatic nitrogens is 3. The number of nitrogens with zero attached hydrogens (tertiary/aromatic N) is 3. The second kappa shape index (κ2) is 15.1. The summed E-state index contributed by atoms with van der Waals surface area (Å²) < 4.78 is 84.1. The lowest BCUT2D eigenvalue weighted by Gasteiger charge is -2.26. The van der Waals surface area contributed by atoms with Crippen LogP contribution in [0.2, 0.25) is 0 Å². The van der Waals surface area contributed by atoms with Gasteiger partial charge in [-0.05, 0) is 84.8 Å². The molecule has 1 unspecified atom stereocenters. The van der Waals surface area contributed by atoms with E-state index < -0.39 is 36.6 Å². The highest BCUT2D eigenvalue weighted by Crippen LogP contribution is 2.41. The van der Waals surface area contributed by atoms with Crippen molar-refractivity contribution in [3.63, 3.8) is 0 Å². The molecule has 0 saturated heterocycles. The molecule has 0 saturated carbocycles. The highest BCUT2D eigenvalue weighted by atomic mass is 19.4. The highest BCUT2D eigenvalue weighted by molar-refractivity contribution is 5.98. The Kier molecular flexibility index (Phi) is 11.8. The van der Waals surface area contributed by atoms with Crippen LogP contribution in [0.1, 0.15) is 67.1 Å². The van der Waals surface area contributed by atoms with Gasteiger partial charge in [-0.3, -0.25) is 9.48 Å². The second-order valence-corrected chi connectivity index (χ2v) is 10.0. The molecule has 12 heteroatoms.